The second kappa shape index (κ2) is 11.7. The van der Waals surface area contributed by atoms with E-state index >= 15 is 0 Å². The molecule has 0 aliphatic carbocycles. The van der Waals surface area contributed by atoms with Crippen molar-refractivity contribution in [2.45, 2.75) is 39.7 Å². The van der Waals surface area contributed by atoms with Crippen LogP contribution in [0.4, 0.5) is 0 Å². The molecule has 1 unspecified atom stereocenters. The van der Waals surface area contributed by atoms with Gasteiger partial charge in [0.15, 0.2) is 11.5 Å². The van der Waals surface area contributed by atoms with Gasteiger partial charge in [-0.2, -0.15) is 0 Å². The predicted octanol–water partition coefficient (Wildman–Crippen LogP) is 3.35. The Balaban J connectivity index is 1.81. The van der Waals surface area contributed by atoms with Crippen LogP contribution in [0.1, 0.15) is 43.1 Å². The van der Waals surface area contributed by atoms with Gasteiger partial charge in [0.05, 0.1) is 19.8 Å². The highest BCUT2D eigenvalue weighted by molar-refractivity contribution is 5.97. The maximum Gasteiger partial charge on any atom is 0.251 e. The summed E-state index contributed by atoms with van der Waals surface area (Å²) in [6, 6.07) is 15.2. The van der Waals surface area contributed by atoms with E-state index in [9.17, 15) is 9.59 Å². The molecular formula is C23H30N2O4. The average Bonchev–Trinajstić information content (AvgIpc) is 2.73. The minimum Gasteiger partial charge on any atom is -0.490 e. The summed E-state index contributed by atoms with van der Waals surface area (Å²) in [5, 5.41) is 5.57. The molecule has 2 rings (SSSR count). The Morgan fingerprint density at radius 1 is 0.966 bits per heavy atom. The quantitative estimate of drug-likeness (QED) is 0.609. The van der Waals surface area contributed by atoms with E-state index in [0.717, 1.165) is 12.8 Å². The first-order valence-corrected chi connectivity index (χ1v) is 10.0. The zero-order valence-electron chi connectivity index (χ0n) is 17.4. The Morgan fingerprint density at radius 3 is 2.34 bits per heavy atom. The Morgan fingerprint density at radius 2 is 1.66 bits per heavy atom. The standard InChI is InChI=1S/C23H30N2O4/c1-4-28-20-14-13-19(15-21(20)29-5-2)23(27)24-16-22(26)25-17(3)11-12-18-9-7-6-8-10-18/h6-10,13-15,17H,4-5,11-12,16H2,1-3H3,(H,24,27)(H,25,26). The number of benzene rings is 2. The van der Waals surface area contributed by atoms with Gasteiger partial charge in [0.1, 0.15) is 0 Å². The molecule has 0 aliphatic rings. The van der Waals surface area contributed by atoms with E-state index < -0.39 is 0 Å². The van der Waals surface area contributed by atoms with Crippen LogP contribution >= 0.6 is 0 Å². The van der Waals surface area contributed by atoms with Crippen molar-refractivity contribution in [3.05, 3.63) is 59.7 Å². The summed E-state index contributed by atoms with van der Waals surface area (Å²) in [7, 11) is 0. The third-order valence-electron chi connectivity index (χ3n) is 4.33. The van der Waals surface area contributed by atoms with Crippen molar-refractivity contribution in [1.82, 2.24) is 10.6 Å². The highest BCUT2D eigenvalue weighted by atomic mass is 16.5. The molecule has 0 spiro atoms. The normalized spacial score (nSPS) is 11.4. The van der Waals surface area contributed by atoms with Crippen LogP contribution in [0.2, 0.25) is 0 Å². The first-order valence-electron chi connectivity index (χ1n) is 10.0. The molecule has 2 aromatic carbocycles. The van der Waals surface area contributed by atoms with Crippen molar-refractivity contribution in [2.24, 2.45) is 0 Å². The minimum absolute atomic E-state index is 0.0228. The zero-order valence-corrected chi connectivity index (χ0v) is 17.4. The number of ether oxygens (including phenoxy) is 2. The van der Waals surface area contributed by atoms with Gasteiger partial charge >= 0.3 is 0 Å². The fourth-order valence-electron chi connectivity index (χ4n) is 2.88. The van der Waals surface area contributed by atoms with Crippen molar-refractivity contribution < 1.29 is 19.1 Å². The lowest BCUT2D eigenvalue weighted by atomic mass is 10.1. The van der Waals surface area contributed by atoms with Crippen molar-refractivity contribution in [3.63, 3.8) is 0 Å². The fraction of sp³-hybridized carbons (Fsp3) is 0.391. The topological polar surface area (TPSA) is 76.7 Å². The molecule has 1 atom stereocenters. The molecule has 6 nitrogen and oxygen atoms in total. The van der Waals surface area contributed by atoms with Crippen molar-refractivity contribution in [3.8, 4) is 11.5 Å². The number of carbonyl (C=O) groups is 2. The number of hydrogen-bond acceptors (Lipinski definition) is 4. The molecule has 0 heterocycles. The number of hydrogen-bond donors (Lipinski definition) is 2. The van der Waals surface area contributed by atoms with E-state index in [0.29, 0.717) is 30.3 Å². The third-order valence-corrected chi connectivity index (χ3v) is 4.33. The van der Waals surface area contributed by atoms with E-state index in [1.807, 2.05) is 39.0 Å². The Kier molecular flexibility index (Phi) is 9.02. The molecule has 2 aromatic rings. The molecule has 6 heteroatoms. The average molecular weight is 399 g/mol. The molecule has 2 amide bonds. The summed E-state index contributed by atoms with van der Waals surface area (Å²) in [4.78, 5) is 24.5. The molecule has 0 aromatic heterocycles. The number of nitrogens with one attached hydrogen (secondary N) is 2. The molecule has 156 valence electrons. The Bertz CT molecular complexity index is 793. The van der Waals surface area contributed by atoms with Gasteiger partial charge in [-0.1, -0.05) is 30.3 Å². The summed E-state index contributed by atoms with van der Waals surface area (Å²) in [6.07, 6.45) is 1.72. The molecule has 0 saturated carbocycles. The van der Waals surface area contributed by atoms with Crippen LogP contribution in [-0.4, -0.2) is 37.6 Å². The smallest absolute Gasteiger partial charge is 0.251 e. The van der Waals surface area contributed by atoms with Gasteiger partial charge in [-0.15, -0.1) is 0 Å². The molecule has 0 saturated heterocycles. The highest BCUT2D eigenvalue weighted by Gasteiger charge is 2.13. The van der Waals surface area contributed by atoms with Crippen molar-refractivity contribution in [1.29, 1.82) is 0 Å². The van der Waals surface area contributed by atoms with Crippen LogP contribution in [0.25, 0.3) is 0 Å². The largest absolute Gasteiger partial charge is 0.490 e. The molecular weight excluding hydrogens is 368 g/mol. The van der Waals surface area contributed by atoms with E-state index in [-0.39, 0.29) is 24.4 Å². The number of aryl methyl sites for hydroxylation is 1. The van der Waals surface area contributed by atoms with Gasteiger partial charge in [0.2, 0.25) is 5.91 Å². The van der Waals surface area contributed by atoms with Gasteiger partial charge in [-0.05, 0) is 57.4 Å². The molecule has 0 radical (unpaired) electrons. The minimum atomic E-state index is -0.332. The number of rotatable bonds is 11. The molecule has 0 bridgehead atoms. The SMILES string of the molecule is CCOc1ccc(C(=O)NCC(=O)NC(C)CCc2ccccc2)cc1OCC. The predicted molar refractivity (Wildman–Crippen MR) is 113 cm³/mol. The lowest BCUT2D eigenvalue weighted by Crippen LogP contribution is -2.41. The van der Waals surface area contributed by atoms with E-state index in [2.05, 4.69) is 22.8 Å². The first kappa shape index (κ1) is 22.3. The van der Waals surface area contributed by atoms with Gasteiger partial charge in [-0.3, -0.25) is 9.59 Å². The van der Waals surface area contributed by atoms with Crippen LogP contribution < -0.4 is 20.1 Å². The van der Waals surface area contributed by atoms with Gasteiger partial charge < -0.3 is 20.1 Å². The van der Waals surface area contributed by atoms with Gasteiger partial charge in [-0.25, -0.2) is 0 Å². The summed E-state index contributed by atoms with van der Waals surface area (Å²) in [5.74, 6) is 0.563. The van der Waals surface area contributed by atoms with Crippen molar-refractivity contribution in [2.75, 3.05) is 19.8 Å². The third kappa shape index (κ3) is 7.49. The monoisotopic (exact) mass is 398 g/mol. The molecule has 29 heavy (non-hydrogen) atoms. The zero-order chi connectivity index (χ0) is 21.1. The van der Waals surface area contributed by atoms with Crippen LogP contribution in [0.5, 0.6) is 11.5 Å². The van der Waals surface area contributed by atoms with Crippen molar-refractivity contribution >= 4 is 11.8 Å². The van der Waals surface area contributed by atoms with Crippen LogP contribution in [-0.2, 0) is 11.2 Å². The first-order chi connectivity index (χ1) is 14.0. The second-order valence-electron chi connectivity index (χ2n) is 6.70. The Labute approximate surface area is 172 Å². The lowest BCUT2D eigenvalue weighted by molar-refractivity contribution is -0.120. The Hall–Kier alpha value is -3.02. The number of amides is 2. The fourth-order valence-corrected chi connectivity index (χ4v) is 2.88. The summed E-state index contributed by atoms with van der Waals surface area (Å²) in [6.45, 7) is 6.61. The summed E-state index contributed by atoms with van der Waals surface area (Å²) >= 11 is 0. The highest BCUT2D eigenvalue weighted by Crippen LogP contribution is 2.28. The van der Waals surface area contributed by atoms with E-state index in [1.165, 1.54) is 5.56 Å². The maximum absolute atomic E-state index is 12.4. The number of carbonyl (C=O) groups excluding carboxylic acids is 2. The lowest BCUT2D eigenvalue weighted by Gasteiger charge is -2.15. The molecule has 2 N–H and O–H groups in total. The van der Waals surface area contributed by atoms with E-state index in [1.54, 1.807) is 18.2 Å². The summed E-state index contributed by atoms with van der Waals surface area (Å²) in [5.41, 5.74) is 1.66. The van der Waals surface area contributed by atoms with Gasteiger partial charge in [0, 0.05) is 11.6 Å². The van der Waals surface area contributed by atoms with Gasteiger partial charge in [0.25, 0.3) is 5.91 Å². The van der Waals surface area contributed by atoms with Crippen LogP contribution in [0.3, 0.4) is 0 Å². The van der Waals surface area contributed by atoms with E-state index in [4.69, 9.17) is 9.47 Å². The summed E-state index contributed by atoms with van der Waals surface area (Å²) < 4.78 is 11.0. The van der Waals surface area contributed by atoms with Crippen LogP contribution in [0, 0.1) is 0 Å². The van der Waals surface area contributed by atoms with Crippen LogP contribution in [0.15, 0.2) is 48.5 Å². The second-order valence-corrected chi connectivity index (χ2v) is 6.70. The molecule has 0 aliphatic heterocycles. The maximum atomic E-state index is 12.4. The molecule has 0 fully saturated rings.